The van der Waals surface area contributed by atoms with Crippen LogP contribution >= 0.6 is 0 Å². The number of rotatable bonds is 3. The maximum absolute atomic E-state index is 9.75. The Hall–Kier alpha value is -1.68. The van der Waals surface area contributed by atoms with Crippen molar-refractivity contribution < 1.29 is 5.11 Å². The highest BCUT2D eigenvalue weighted by Gasteiger charge is 2.19. The van der Waals surface area contributed by atoms with Crippen molar-refractivity contribution in [3.63, 3.8) is 0 Å². The fourth-order valence-electron chi connectivity index (χ4n) is 1.43. The standard InChI is InChI=1S/C12H15N3O/c1-12(2,16)11-9-15(14-13-11)8-10-6-4-3-5-7-10/h3-7,9,16H,8H2,1-2H3. The van der Waals surface area contributed by atoms with Gasteiger partial charge in [0.25, 0.3) is 0 Å². The minimum Gasteiger partial charge on any atom is -0.384 e. The minimum absolute atomic E-state index is 0.587. The largest absolute Gasteiger partial charge is 0.384 e. The summed E-state index contributed by atoms with van der Waals surface area (Å²) in [4.78, 5) is 0. The first-order valence-corrected chi connectivity index (χ1v) is 5.22. The SMILES string of the molecule is CC(C)(O)c1cn(Cc2ccccc2)nn1. The highest BCUT2D eigenvalue weighted by atomic mass is 16.3. The van der Waals surface area contributed by atoms with Gasteiger partial charge >= 0.3 is 0 Å². The van der Waals surface area contributed by atoms with Crippen LogP contribution in [-0.4, -0.2) is 20.1 Å². The monoisotopic (exact) mass is 217 g/mol. The molecule has 0 saturated carbocycles. The van der Waals surface area contributed by atoms with E-state index in [4.69, 9.17) is 0 Å². The zero-order chi connectivity index (χ0) is 11.6. The number of aromatic nitrogens is 3. The van der Waals surface area contributed by atoms with Crippen molar-refractivity contribution in [2.45, 2.75) is 26.0 Å². The lowest BCUT2D eigenvalue weighted by Crippen LogP contribution is -2.15. The Morgan fingerprint density at radius 3 is 2.50 bits per heavy atom. The Morgan fingerprint density at radius 1 is 1.25 bits per heavy atom. The lowest BCUT2D eigenvalue weighted by atomic mass is 10.1. The molecule has 0 radical (unpaired) electrons. The van der Waals surface area contributed by atoms with Crippen molar-refractivity contribution in [1.82, 2.24) is 15.0 Å². The molecule has 0 aliphatic carbocycles. The van der Waals surface area contributed by atoms with Crippen molar-refractivity contribution in [2.24, 2.45) is 0 Å². The van der Waals surface area contributed by atoms with Gasteiger partial charge in [-0.25, -0.2) is 4.68 Å². The maximum Gasteiger partial charge on any atom is 0.114 e. The summed E-state index contributed by atoms with van der Waals surface area (Å²) >= 11 is 0. The van der Waals surface area contributed by atoms with Gasteiger partial charge in [0.15, 0.2) is 0 Å². The zero-order valence-electron chi connectivity index (χ0n) is 9.46. The van der Waals surface area contributed by atoms with Crippen LogP contribution in [0, 0.1) is 0 Å². The van der Waals surface area contributed by atoms with Crippen molar-refractivity contribution in [3.05, 3.63) is 47.8 Å². The van der Waals surface area contributed by atoms with Gasteiger partial charge in [-0.2, -0.15) is 0 Å². The van der Waals surface area contributed by atoms with Gasteiger partial charge in [0, 0.05) is 0 Å². The van der Waals surface area contributed by atoms with Crippen LogP contribution in [-0.2, 0) is 12.1 Å². The first-order valence-electron chi connectivity index (χ1n) is 5.22. The molecule has 0 aliphatic heterocycles. The number of hydrogen-bond donors (Lipinski definition) is 1. The fourth-order valence-corrected chi connectivity index (χ4v) is 1.43. The second kappa shape index (κ2) is 4.06. The Kier molecular flexibility index (Phi) is 2.75. The normalized spacial score (nSPS) is 11.7. The molecular formula is C12H15N3O. The lowest BCUT2D eigenvalue weighted by Gasteiger charge is -2.11. The van der Waals surface area contributed by atoms with E-state index in [2.05, 4.69) is 10.3 Å². The third kappa shape index (κ3) is 2.46. The minimum atomic E-state index is -0.936. The molecule has 1 N–H and O–H groups in total. The van der Waals surface area contributed by atoms with Gasteiger partial charge in [-0.1, -0.05) is 35.5 Å². The van der Waals surface area contributed by atoms with E-state index in [0.717, 1.165) is 5.56 Å². The summed E-state index contributed by atoms with van der Waals surface area (Å²) in [6, 6.07) is 10.0. The molecule has 0 saturated heterocycles. The molecule has 0 fully saturated rings. The van der Waals surface area contributed by atoms with Crippen LogP contribution in [0.5, 0.6) is 0 Å². The summed E-state index contributed by atoms with van der Waals surface area (Å²) in [5.74, 6) is 0. The highest BCUT2D eigenvalue weighted by Crippen LogP contribution is 2.16. The van der Waals surface area contributed by atoms with Crippen LogP contribution in [0.2, 0.25) is 0 Å². The molecule has 16 heavy (non-hydrogen) atoms. The van der Waals surface area contributed by atoms with Gasteiger partial charge in [-0.05, 0) is 19.4 Å². The third-order valence-electron chi connectivity index (χ3n) is 2.35. The number of hydrogen-bond acceptors (Lipinski definition) is 3. The van der Waals surface area contributed by atoms with Crippen LogP contribution in [0.15, 0.2) is 36.5 Å². The molecule has 2 rings (SSSR count). The highest BCUT2D eigenvalue weighted by molar-refractivity contribution is 5.15. The van der Waals surface area contributed by atoms with E-state index in [1.54, 1.807) is 24.7 Å². The predicted octanol–water partition coefficient (Wildman–Crippen LogP) is 1.55. The van der Waals surface area contributed by atoms with Crippen molar-refractivity contribution in [3.8, 4) is 0 Å². The summed E-state index contributed by atoms with van der Waals surface area (Å²) in [6.07, 6.45) is 1.77. The Morgan fingerprint density at radius 2 is 1.94 bits per heavy atom. The summed E-state index contributed by atoms with van der Waals surface area (Å²) in [7, 11) is 0. The van der Waals surface area contributed by atoms with E-state index in [1.807, 2.05) is 30.3 Å². The Balaban J connectivity index is 2.15. The molecule has 0 unspecified atom stereocenters. The fraction of sp³-hybridized carbons (Fsp3) is 0.333. The van der Waals surface area contributed by atoms with Crippen LogP contribution in [0.3, 0.4) is 0 Å². The molecule has 1 aromatic heterocycles. The molecule has 4 heteroatoms. The third-order valence-corrected chi connectivity index (χ3v) is 2.35. The van der Waals surface area contributed by atoms with E-state index < -0.39 is 5.60 Å². The average molecular weight is 217 g/mol. The van der Waals surface area contributed by atoms with Crippen molar-refractivity contribution >= 4 is 0 Å². The topological polar surface area (TPSA) is 50.9 Å². The zero-order valence-corrected chi connectivity index (χ0v) is 9.46. The molecule has 0 amide bonds. The molecule has 0 bridgehead atoms. The van der Waals surface area contributed by atoms with Gasteiger partial charge in [0.05, 0.1) is 12.7 Å². The molecular weight excluding hydrogens is 202 g/mol. The first kappa shape index (κ1) is 10.8. The summed E-state index contributed by atoms with van der Waals surface area (Å²) in [5.41, 5.74) is 0.813. The van der Waals surface area contributed by atoms with Crippen LogP contribution in [0.1, 0.15) is 25.1 Å². The maximum atomic E-state index is 9.75. The van der Waals surface area contributed by atoms with Gasteiger partial charge in [-0.15, -0.1) is 5.10 Å². The van der Waals surface area contributed by atoms with E-state index >= 15 is 0 Å². The summed E-state index contributed by atoms with van der Waals surface area (Å²) in [6.45, 7) is 4.07. The first-order chi connectivity index (χ1) is 7.55. The molecule has 2 aromatic rings. The Labute approximate surface area is 94.5 Å². The van der Waals surface area contributed by atoms with Crippen LogP contribution < -0.4 is 0 Å². The molecule has 1 heterocycles. The number of aliphatic hydroxyl groups is 1. The quantitative estimate of drug-likeness (QED) is 0.848. The number of benzene rings is 1. The van der Waals surface area contributed by atoms with Crippen LogP contribution in [0.25, 0.3) is 0 Å². The molecule has 1 aromatic carbocycles. The molecule has 0 aliphatic rings. The van der Waals surface area contributed by atoms with Gasteiger partial charge < -0.3 is 5.11 Å². The van der Waals surface area contributed by atoms with E-state index in [1.165, 1.54) is 0 Å². The van der Waals surface area contributed by atoms with Gasteiger partial charge in [-0.3, -0.25) is 0 Å². The average Bonchev–Trinajstić information content (AvgIpc) is 2.67. The van der Waals surface area contributed by atoms with Crippen LogP contribution in [0.4, 0.5) is 0 Å². The second-order valence-electron chi connectivity index (χ2n) is 4.35. The summed E-state index contributed by atoms with van der Waals surface area (Å²) in [5, 5.41) is 17.7. The van der Waals surface area contributed by atoms with Crippen molar-refractivity contribution in [1.29, 1.82) is 0 Å². The Bertz CT molecular complexity index is 457. The second-order valence-corrected chi connectivity index (χ2v) is 4.35. The van der Waals surface area contributed by atoms with Gasteiger partial charge in [0.1, 0.15) is 11.3 Å². The predicted molar refractivity (Wildman–Crippen MR) is 60.8 cm³/mol. The smallest absolute Gasteiger partial charge is 0.114 e. The molecule has 0 atom stereocenters. The van der Waals surface area contributed by atoms with E-state index in [-0.39, 0.29) is 0 Å². The molecule has 4 nitrogen and oxygen atoms in total. The summed E-state index contributed by atoms with van der Waals surface area (Å²) < 4.78 is 1.72. The number of nitrogens with zero attached hydrogens (tertiary/aromatic N) is 3. The van der Waals surface area contributed by atoms with E-state index in [9.17, 15) is 5.11 Å². The lowest BCUT2D eigenvalue weighted by molar-refractivity contribution is 0.0737. The van der Waals surface area contributed by atoms with Gasteiger partial charge in [0.2, 0.25) is 0 Å². The van der Waals surface area contributed by atoms with Crippen molar-refractivity contribution in [2.75, 3.05) is 0 Å². The molecule has 84 valence electrons. The molecule has 0 spiro atoms. The van der Waals surface area contributed by atoms with E-state index in [0.29, 0.717) is 12.2 Å².